The Balaban J connectivity index is 2.13. The average Bonchev–Trinajstić information content (AvgIpc) is 2.30. The third-order valence-electron chi connectivity index (χ3n) is 2.87. The van der Waals surface area contributed by atoms with Gasteiger partial charge in [0.05, 0.1) is 5.75 Å². The highest BCUT2D eigenvalue weighted by atomic mass is 32.2. The SMILES string of the molecule is C[C@@H]1CNCCN1S(=O)(=O)Cc1cccnc1. The van der Waals surface area contributed by atoms with Crippen molar-refractivity contribution in [3.8, 4) is 0 Å². The molecule has 94 valence electrons. The van der Waals surface area contributed by atoms with Crippen molar-refractivity contribution in [2.75, 3.05) is 19.6 Å². The molecule has 0 bridgehead atoms. The minimum atomic E-state index is -3.23. The summed E-state index contributed by atoms with van der Waals surface area (Å²) in [6, 6.07) is 3.56. The van der Waals surface area contributed by atoms with E-state index in [9.17, 15) is 8.42 Å². The van der Waals surface area contributed by atoms with Crippen molar-refractivity contribution >= 4 is 10.0 Å². The van der Waals surface area contributed by atoms with Crippen molar-refractivity contribution in [3.63, 3.8) is 0 Å². The van der Waals surface area contributed by atoms with Crippen molar-refractivity contribution in [2.45, 2.75) is 18.7 Å². The molecule has 0 amide bonds. The average molecular weight is 255 g/mol. The summed E-state index contributed by atoms with van der Waals surface area (Å²) in [4.78, 5) is 3.94. The fourth-order valence-corrected chi connectivity index (χ4v) is 3.76. The van der Waals surface area contributed by atoms with Gasteiger partial charge in [0.1, 0.15) is 0 Å². The van der Waals surface area contributed by atoms with Crippen LogP contribution >= 0.6 is 0 Å². The van der Waals surface area contributed by atoms with E-state index in [2.05, 4.69) is 10.3 Å². The van der Waals surface area contributed by atoms with Gasteiger partial charge in [0.25, 0.3) is 0 Å². The molecular weight excluding hydrogens is 238 g/mol. The zero-order chi connectivity index (χ0) is 12.3. The first kappa shape index (κ1) is 12.5. The first-order chi connectivity index (χ1) is 8.09. The quantitative estimate of drug-likeness (QED) is 0.838. The molecule has 1 aromatic heterocycles. The Morgan fingerprint density at radius 2 is 2.41 bits per heavy atom. The summed E-state index contributed by atoms with van der Waals surface area (Å²) in [6.45, 7) is 3.90. The van der Waals surface area contributed by atoms with E-state index in [1.54, 1.807) is 28.8 Å². The lowest BCUT2D eigenvalue weighted by atomic mass is 10.3. The van der Waals surface area contributed by atoms with Gasteiger partial charge in [-0.05, 0) is 18.6 Å². The van der Waals surface area contributed by atoms with Crippen molar-refractivity contribution in [3.05, 3.63) is 30.1 Å². The third kappa shape index (κ3) is 3.02. The first-order valence-electron chi connectivity index (χ1n) is 5.69. The lowest BCUT2D eigenvalue weighted by molar-refractivity contribution is 0.283. The van der Waals surface area contributed by atoms with Gasteiger partial charge in [-0.1, -0.05) is 6.07 Å². The van der Waals surface area contributed by atoms with Crippen LogP contribution < -0.4 is 5.32 Å². The van der Waals surface area contributed by atoms with Crippen molar-refractivity contribution in [1.82, 2.24) is 14.6 Å². The fourth-order valence-electron chi connectivity index (χ4n) is 2.01. The maximum atomic E-state index is 12.2. The number of hydrogen-bond acceptors (Lipinski definition) is 4. The number of rotatable bonds is 3. The van der Waals surface area contributed by atoms with Crippen LogP contribution in [0, 0.1) is 0 Å². The number of pyridine rings is 1. The summed E-state index contributed by atoms with van der Waals surface area (Å²) in [6.07, 6.45) is 3.24. The number of aromatic nitrogens is 1. The third-order valence-corrected chi connectivity index (χ3v) is 4.82. The summed E-state index contributed by atoms with van der Waals surface area (Å²) in [5.41, 5.74) is 0.734. The minimum Gasteiger partial charge on any atom is -0.314 e. The largest absolute Gasteiger partial charge is 0.314 e. The van der Waals surface area contributed by atoms with Gasteiger partial charge in [0, 0.05) is 38.1 Å². The van der Waals surface area contributed by atoms with Crippen LogP contribution in [0.2, 0.25) is 0 Å². The van der Waals surface area contributed by atoms with Gasteiger partial charge in [0.2, 0.25) is 10.0 Å². The van der Waals surface area contributed by atoms with Gasteiger partial charge in [-0.25, -0.2) is 8.42 Å². The van der Waals surface area contributed by atoms with Crippen LogP contribution in [0.1, 0.15) is 12.5 Å². The molecule has 0 aromatic carbocycles. The van der Waals surface area contributed by atoms with E-state index < -0.39 is 10.0 Å². The molecule has 1 atom stereocenters. The number of piperazine rings is 1. The van der Waals surface area contributed by atoms with Gasteiger partial charge in [-0.2, -0.15) is 4.31 Å². The highest BCUT2D eigenvalue weighted by Gasteiger charge is 2.29. The molecule has 1 fully saturated rings. The maximum absolute atomic E-state index is 12.2. The Bertz CT molecular complexity index is 461. The zero-order valence-corrected chi connectivity index (χ0v) is 10.7. The van der Waals surface area contributed by atoms with E-state index in [0.717, 1.165) is 12.1 Å². The molecule has 6 heteroatoms. The standard InChI is InChI=1S/C11H17N3O2S/c1-10-7-13-5-6-14(10)17(15,16)9-11-3-2-4-12-8-11/h2-4,8,10,13H,5-7,9H2,1H3/t10-/m1/s1. The van der Waals surface area contributed by atoms with E-state index >= 15 is 0 Å². The molecule has 17 heavy (non-hydrogen) atoms. The molecule has 1 N–H and O–H groups in total. The Morgan fingerprint density at radius 1 is 1.59 bits per heavy atom. The van der Waals surface area contributed by atoms with Crippen LogP contribution in [0.25, 0.3) is 0 Å². The highest BCUT2D eigenvalue weighted by molar-refractivity contribution is 7.88. The first-order valence-corrected chi connectivity index (χ1v) is 7.29. The van der Waals surface area contributed by atoms with Crippen LogP contribution in [0.15, 0.2) is 24.5 Å². The number of nitrogens with one attached hydrogen (secondary N) is 1. The molecule has 0 unspecified atom stereocenters. The van der Waals surface area contributed by atoms with Crippen molar-refractivity contribution < 1.29 is 8.42 Å². The summed E-state index contributed by atoms with van der Waals surface area (Å²) < 4.78 is 26.1. The minimum absolute atomic E-state index is 0.0189. The molecule has 5 nitrogen and oxygen atoms in total. The Hall–Kier alpha value is -0.980. The summed E-state index contributed by atoms with van der Waals surface area (Å²) in [5, 5.41) is 3.18. The van der Waals surface area contributed by atoms with E-state index in [4.69, 9.17) is 0 Å². The molecule has 0 saturated carbocycles. The van der Waals surface area contributed by atoms with E-state index in [1.807, 2.05) is 6.92 Å². The maximum Gasteiger partial charge on any atom is 0.218 e. The Morgan fingerprint density at radius 3 is 3.06 bits per heavy atom. The smallest absolute Gasteiger partial charge is 0.218 e. The van der Waals surface area contributed by atoms with Gasteiger partial charge in [-0.3, -0.25) is 4.98 Å². The monoisotopic (exact) mass is 255 g/mol. The van der Waals surface area contributed by atoms with Crippen LogP contribution in [0.5, 0.6) is 0 Å². The molecule has 0 radical (unpaired) electrons. The summed E-state index contributed by atoms with van der Waals surface area (Å²) >= 11 is 0. The Labute approximate surface area is 102 Å². The van der Waals surface area contributed by atoms with Gasteiger partial charge < -0.3 is 5.32 Å². The van der Waals surface area contributed by atoms with Crippen LogP contribution in [0.3, 0.4) is 0 Å². The lowest BCUT2D eigenvalue weighted by Gasteiger charge is -2.32. The number of hydrogen-bond donors (Lipinski definition) is 1. The molecule has 1 aliphatic heterocycles. The van der Waals surface area contributed by atoms with Gasteiger partial charge in [0.15, 0.2) is 0 Å². The molecule has 1 saturated heterocycles. The summed E-state index contributed by atoms with van der Waals surface area (Å²) in [5.74, 6) is 0.0329. The summed E-state index contributed by atoms with van der Waals surface area (Å²) in [7, 11) is -3.23. The van der Waals surface area contributed by atoms with E-state index in [0.29, 0.717) is 13.1 Å². The molecule has 2 rings (SSSR count). The molecular formula is C11H17N3O2S. The fraction of sp³-hybridized carbons (Fsp3) is 0.545. The van der Waals surface area contributed by atoms with E-state index in [1.165, 1.54) is 0 Å². The highest BCUT2D eigenvalue weighted by Crippen LogP contribution is 2.14. The molecule has 0 spiro atoms. The van der Waals surface area contributed by atoms with Crippen molar-refractivity contribution in [2.24, 2.45) is 0 Å². The molecule has 1 aliphatic rings. The normalized spacial score (nSPS) is 22.5. The zero-order valence-electron chi connectivity index (χ0n) is 9.83. The van der Waals surface area contributed by atoms with E-state index in [-0.39, 0.29) is 11.8 Å². The predicted molar refractivity (Wildman–Crippen MR) is 65.9 cm³/mol. The number of nitrogens with zero attached hydrogens (tertiary/aromatic N) is 2. The lowest BCUT2D eigenvalue weighted by Crippen LogP contribution is -2.52. The second-order valence-corrected chi connectivity index (χ2v) is 6.20. The molecule has 1 aromatic rings. The second kappa shape index (κ2) is 5.12. The molecule has 2 heterocycles. The van der Waals surface area contributed by atoms with Crippen LogP contribution in [-0.2, 0) is 15.8 Å². The van der Waals surface area contributed by atoms with Crippen LogP contribution in [0.4, 0.5) is 0 Å². The molecule has 0 aliphatic carbocycles. The van der Waals surface area contributed by atoms with Crippen LogP contribution in [-0.4, -0.2) is 43.4 Å². The predicted octanol–water partition coefficient (Wildman–Crippen LogP) is 0.205. The van der Waals surface area contributed by atoms with Gasteiger partial charge in [-0.15, -0.1) is 0 Å². The number of sulfonamides is 1. The van der Waals surface area contributed by atoms with Crippen molar-refractivity contribution in [1.29, 1.82) is 0 Å². The topological polar surface area (TPSA) is 62.3 Å². The Kier molecular flexibility index (Phi) is 3.76. The second-order valence-electron chi connectivity index (χ2n) is 4.28. The van der Waals surface area contributed by atoms with Gasteiger partial charge >= 0.3 is 0 Å².